The molecule has 0 saturated carbocycles. The van der Waals surface area contributed by atoms with E-state index in [1.165, 1.54) is 6.92 Å². The Balaban J connectivity index is 1.38. The van der Waals surface area contributed by atoms with E-state index >= 15 is 0 Å². The molecule has 7 heteroatoms. The summed E-state index contributed by atoms with van der Waals surface area (Å²) < 4.78 is 16.1. The summed E-state index contributed by atoms with van der Waals surface area (Å²) in [5, 5.41) is 2.67. The molecule has 1 amide bonds. The highest BCUT2D eigenvalue weighted by Gasteiger charge is 2.20. The van der Waals surface area contributed by atoms with E-state index in [1.54, 1.807) is 60.7 Å². The van der Waals surface area contributed by atoms with Crippen molar-refractivity contribution in [1.82, 2.24) is 0 Å². The van der Waals surface area contributed by atoms with E-state index in [0.717, 1.165) is 0 Å². The number of hydrogen-bond donors (Lipinski definition) is 1. The summed E-state index contributed by atoms with van der Waals surface area (Å²) in [6.45, 7) is 1.20. The van der Waals surface area contributed by atoms with Crippen LogP contribution >= 0.6 is 0 Å². The van der Waals surface area contributed by atoms with E-state index in [9.17, 15) is 14.4 Å². The van der Waals surface area contributed by atoms with Crippen molar-refractivity contribution in [2.75, 3.05) is 18.7 Å². The zero-order valence-electron chi connectivity index (χ0n) is 16.7. The maximum absolute atomic E-state index is 12.4. The summed E-state index contributed by atoms with van der Waals surface area (Å²) in [6, 6.07) is 18.6. The summed E-state index contributed by atoms with van der Waals surface area (Å²) in [5.74, 6) is 0.616. The van der Waals surface area contributed by atoms with Gasteiger partial charge in [-0.15, -0.1) is 0 Å². The maximum Gasteiger partial charge on any atom is 0.262 e. The van der Waals surface area contributed by atoms with Gasteiger partial charge < -0.3 is 19.5 Å². The summed E-state index contributed by atoms with van der Waals surface area (Å²) in [7, 11) is 0. The minimum Gasteiger partial charge on any atom is -0.484 e. The van der Waals surface area contributed by atoms with Crippen molar-refractivity contribution >= 4 is 23.2 Å². The van der Waals surface area contributed by atoms with Gasteiger partial charge in [0.05, 0.1) is 5.69 Å². The fourth-order valence-corrected chi connectivity index (χ4v) is 3.13. The largest absolute Gasteiger partial charge is 0.484 e. The van der Waals surface area contributed by atoms with Gasteiger partial charge in [0.2, 0.25) is 6.79 Å². The number of carbonyl (C=O) groups excluding carboxylic acids is 3. The first-order valence-corrected chi connectivity index (χ1v) is 9.58. The number of benzene rings is 3. The van der Waals surface area contributed by atoms with Crippen molar-refractivity contribution in [3.05, 3.63) is 83.4 Å². The highest BCUT2D eigenvalue weighted by atomic mass is 16.7. The van der Waals surface area contributed by atoms with Gasteiger partial charge in [0.25, 0.3) is 5.91 Å². The van der Waals surface area contributed by atoms with Crippen LogP contribution in [-0.2, 0) is 4.79 Å². The van der Waals surface area contributed by atoms with Crippen LogP contribution in [0.5, 0.6) is 17.2 Å². The number of Topliss-reactive ketones (excluding diaryl/α,β-unsaturated/α-hetero) is 1. The Hall–Kier alpha value is -4.13. The van der Waals surface area contributed by atoms with Crippen LogP contribution in [0.4, 0.5) is 5.69 Å². The van der Waals surface area contributed by atoms with Crippen LogP contribution < -0.4 is 19.5 Å². The molecule has 0 spiro atoms. The third kappa shape index (κ3) is 4.56. The topological polar surface area (TPSA) is 90.9 Å². The van der Waals surface area contributed by atoms with Gasteiger partial charge in [0.1, 0.15) is 5.75 Å². The Morgan fingerprint density at radius 1 is 0.903 bits per heavy atom. The van der Waals surface area contributed by atoms with Crippen LogP contribution in [-0.4, -0.2) is 30.9 Å². The van der Waals surface area contributed by atoms with Crippen LogP contribution in [0.3, 0.4) is 0 Å². The van der Waals surface area contributed by atoms with Crippen LogP contribution in [0, 0.1) is 0 Å². The Morgan fingerprint density at radius 3 is 2.23 bits per heavy atom. The Labute approximate surface area is 178 Å². The smallest absolute Gasteiger partial charge is 0.262 e. The van der Waals surface area contributed by atoms with Gasteiger partial charge in [-0.05, 0) is 37.3 Å². The lowest BCUT2D eigenvalue weighted by molar-refractivity contribution is -0.118. The molecule has 3 aromatic carbocycles. The lowest BCUT2D eigenvalue weighted by atomic mass is 10.0. The van der Waals surface area contributed by atoms with Crippen LogP contribution in [0.1, 0.15) is 33.2 Å². The Bertz CT molecular complexity index is 1140. The minimum atomic E-state index is -0.439. The van der Waals surface area contributed by atoms with Crippen molar-refractivity contribution < 1.29 is 28.6 Å². The second-order valence-electron chi connectivity index (χ2n) is 6.86. The first-order valence-electron chi connectivity index (χ1n) is 9.58. The molecule has 0 unspecified atom stereocenters. The minimum absolute atomic E-state index is 0.0654. The fourth-order valence-electron chi connectivity index (χ4n) is 3.13. The highest BCUT2D eigenvalue weighted by molar-refractivity contribution is 6.09. The van der Waals surface area contributed by atoms with Gasteiger partial charge in [-0.1, -0.05) is 30.3 Å². The summed E-state index contributed by atoms with van der Waals surface area (Å²) in [6.07, 6.45) is 0. The molecule has 1 N–H and O–H groups in total. The number of rotatable bonds is 7. The first kappa shape index (κ1) is 20.2. The summed E-state index contributed by atoms with van der Waals surface area (Å²) >= 11 is 0. The highest BCUT2D eigenvalue weighted by Crippen LogP contribution is 2.37. The molecule has 0 atom stereocenters. The number of hydrogen-bond acceptors (Lipinski definition) is 6. The number of amides is 1. The van der Waals surface area contributed by atoms with E-state index < -0.39 is 5.91 Å². The van der Waals surface area contributed by atoms with Gasteiger partial charge in [-0.3, -0.25) is 14.4 Å². The standard InChI is InChI=1S/C24H19NO6/c1-15(26)19-11-21-22(31-14-30-21)12-20(19)25-23(27)13-29-18-9-7-17(8-10-18)24(28)16-5-3-2-4-6-16/h2-12H,13-14H2,1H3,(H,25,27). The molecule has 0 saturated heterocycles. The molecule has 0 fully saturated rings. The maximum atomic E-state index is 12.4. The van der Waals surface area contributed by atoms with Crippen LogP contribution in [0.2, 0.25) is 0 Å². The lowest BCUT2D eigenvalue weighted by Gasteiger charge is -2.11. The summed E-state index contributed by atoms with van der Waals surface area (Å²) in [5.41, 5.74) is 1.77. The number of ketones is 2. The zero-order chi connectivity index (χ0) is 21.8. The van der Waals surface area contributed by atoms with Crippen molar-refractivity contribution in [2.24, 2.45) is 0 Å². The van der Waals surface area contributed by atoms with E-state index in [0.29, 0.717) is 39.6 Å². The summed E-state index contributed by atoms with van der Waals surface area (Å²) in [4.78, 5) is 36.7. The quantitative estimate of drug-likeness (QED) is 0.587. The van der Waals surface area contributed by atoms with Crippen molar-refractivity contribution in [3.63, 3.8) is 0 Å². The molecule has 0 bridgehead atoms. The Morgan fingerprint density at radius 2 is 1.55 bits per heavy atom. The molecular formula is C24H19NO6. The number of ether oxygens (including phenoxy) is 3. The molecule has 0 aliphatic carbocycles. The molecule has 0 aromatic heterocycles. The molecule has 1 aliphatic heterocycles. The second-order valence-corrected chi connectivity index (χ2v) is 6.86. The van der Waals surface area contributed by atoms with Crippen molar-refractivity contribution in [3.8, 4) is 17.2 Å². The van der Waals surface area contributed by atoms with Gasteiger partial charge in [-0.2, -0.15) is 0 Å². The number of fused-ring (bicyclic) bond motifs is 1. The third-order valence-corrected chi connectivity index (χ3v) is 4.69. The van der Waals surface area contributed by atoms with Gasteiger partial charge in [0.15, 0.2) is 29.7 Å². The molecule has 1 heterocycles. The third-order valence-electron chi connectivity index (χ3n) is 4.69. The molecule has 0 radical (unpaired) electrons. The zero-order valence-corrected chi connectivity index (χ0v) is 16.7. The van der Waals surface area contributed by atoms with Crippen molar-refractivity contribution in [2.45, 2.75) is 6.92 Å². The average molecular weight is 417 g/mol. The molecule has 31 heavy (non-hydrogen) atoms. The van der Waals surface area contributed by atoms with Gasteiger partial charge >= 0.3 is 0 Å². The molecule has 156 valence electrons. The Kier molecular flexibility index (Phi) is 5.66. The van der Waals surface area contributed by atoms with E-state index in [-0.39, 0.29) is 25.0 Å². The predicted octanol–water partition coefficient (Wildman–Crippen LogP) is 3.87. The number of carbonyl (C=O) groups is 3. The van der Waals surface area contributed by atoms with E-state index in [2.05, 4.69) is 5.32 Å². The van der Waals surface area contributed by atoms with E-state index in [1.807, 2.05) is 6.07 Å². The van der Waals surface area contributed by atoms with Crippen LogP contribution in [0.15, 0.2) is 66.7 Å². The average Bonchev–Trinajstić information content (AvgIpc) is 3.25. The number of nitrogens with one attached hydrogen (secondary N) is 1. The van der Waals surface area contributed by atoms with Crippen LogP contribution in [0.25, 0.3) is 0 Å². The number of anilines is 1. The molecular weight excluding hydrogens is 398 g/mol. The normalized spacial score (nSPS) is 11.6. The van der Waals surface area contributed by atoms with Crippen molar-refractivity contribution in [1.29, 1.82) is 0 Å². The lowest BCUT2D eigenvalue weighted by Crippen LogP contribution is -2.21. The fraction of sp³-hybridized carbons (Fsp3) is 0.125. The molecule has 4 rings (SSSR count). The second kappa shape index (κ2) is 8.71. The van der Waals surface area contributed by atoms with Gasteiger partial charge in [0, 0.05) is 22.8 Å². The van der Waals surface area contributed by atoms with Gasteiger partial charge in [-0.25, -0.2) is 0 Å². The SMILES string of the molecule is CC(=O)c1cc2c(cc1NC(=O)COc1ccc(C(=O)c3ccccc3)cc1)OCO2. The predicted molar refractivity (Wildman–Crippen MR) is 113 cm³/mol. The molecule has 1 aliphatic rings. The molecule has 3 aromatic rings. The first-order chi connectivity index (χ1) is 15.0. The monoisotopic (exact) mass is 417 g/mol. The van der Waals surface area contributed by atoms with E-state index in [4.69, 9.17) is 14.2 Å². The molecule has 7 nitrogen and oxygen atoms in total.